The smallest absolute Gasteiger partial charge is 0.271 e. The summed E-state index contributed by atoms with van der Waals surface area (Å²) in [5.74, 6) is -1.18. The molecule has 0 aliphatic heterocycles. The van der Waals surface area contributed by atoms with Crippen LogP contribution in [0.5, 0.6) is 5.75 Å². The average molecular weight is 364 g/mol. The van der Waals surface area contributed by atoms with E-state index in [1.807, 2.05) is 0 Å². The van der Waals surface area contributed by atoms with E-state index in [2.05, 4.69) is 5.32 Å². The molecule has 2 rings (SSSR count). The van der Waals surface area contributed by atoms with Gasteiger partial charge in [-0.05, 0) is 30.7 Å². The van der Waals surface area contributed by atoms with Gasteiger partial charge < -0.3 is 15.8 Å². The van der Waals surface area contributed by atoms with Crippen LogP contribution in [0.2, 0.25) is 5.02 Å². The van der Waals surface area contributed by atoms with Crippen LogP contribution in [0.1, 0.15) is 15.9 Å². The predicted molar refractivity (Wildman–Crippen MR) is 91.9 cm³/mol. The number of nitrogens with two attached hydrogens (primary N) is 1. The third kappa shape index (κ3) is 4.67. The van der Waals surface area contributed by atoms with Crippen molar-refractivity contribution in [3.63, 3.8) is 0 Å². The highest BCUT2D eigenvalue weighted by Gasteiger charge is 2.14. The van der Waals surface area contributed by atoms with Gasteiger partial charge in [-0.1, -0.05) is 17.7 Å². The topological polar surface area (TPSA) is 125 Å². The summed E-state index contributed by atoms with van der Waals surface area (Å²) in [4.78, 5) is 33.6. The van der Waals surface area contributed by atoms with Crippen molar-refractivity contribution in [1.82, 2.24) is 0 Å². The van der Waals surface area contributed by atoms with Crippen molar-refractivity contribution in [2.45, 2.75) is 6.92 Å². The third-order valence-electron chi connectivity index (χ3n) is 3.27. The number of halogens is 1. The summed E-state index contributed by atoms with van der Waals surface area (Å²) < 4.78 is 5.30. The quantitative estimate of drug-likeness (QED) is 0.603. The molecule has 0 unspecified atom stereocenters. The Bertz CT molecular complexity index is 854. The van der Waals surface area contributed by atoms with Gasteiger partial charge in [-0.2, -0.15) is 0 Å². The number of amides is 2. The zero-order chi connectivity index (χ0) is 18.6. The number of hydrogen-bond donors (Lipinski definition) is 2. The number of aryl methyl sites for hydroxylation is 1. The zero-order valence-electron chi connectivity index (χ0n) is 13.1. The number of non-ortho nitro benzene ring substituents is 1. The Morgan fingerprint density at radius 1 is 1.28 bits per heavy atom. The van der Waals surface area contributed by atoms with Crippen molar-refractivity contribution in [2.75, 3.05) is 11.9 Å². The number of ether oxygens (including phenoxy) is 1. The van der Waals surface area contributed by atoms with Crippen molar-refractivity contribution < 1.29 is 19.2 Å². The molecule has 0 atom stereocenters. The molecule has 0 aliphatic carbocycles. The highest BCUT2D eigenvalue weighted by molar-refractivity contribution is 6.31. The largest absolute Gasteiger partial charge is 0.483 e. The SMILES string of the molecule is Cc1ccc([N+](=O)[O-])cc1NC(=O)COc1ccc(Cl)cc1C(N)=O. The number of carbonyl (C=O) groups excluding carboxylic acids is 2. The van der Waals surface area contributed by atoms with Gasteiger partial charge in [0.1, 0.15) is 5.75 Å². The summed E-state index contributed by atoms with van der Waals surface area (Å²) in [6.07, 6.45) is 0. The van der Waals surface area contributed by atoms with Gasteiger partial charge in [0.05, 0.1) is 16.2 Å². The zero-order valence-corrected chi connectivity index (χ0v) is 13.9. The molecule has 2 aromatic carbocycles. The molecule has 0 saturated heterocycles. The van der Waals surface area contributed by atoms with Crippen LogP contribution in [0.3, 0.4) is 0 Å². The number of primary amides is 1. The Labute approximate surface area is 147 Å². The lowest BCUT2D eigenvalue weighted by atomic mass is 10.2. The number of nitro groups is 1. The van der Waals surface area contributed by atoms with Crippen molar-refractivity contribution in [2.24, 2.45) is 5.73 Å². The van der Waals surface area contributed by atoms with E-state index in [0.717, 1.165) is 0 Å². The van der Waals surface area contributed by atoms with Gasteiger partial charge in [0, 0.05) is 17.2 Å². The maximum atomic E-state index is 12.0. The van der Waals surface area contributed by atoms with Gasteiger partial charge in [0.15, 0.2) is 6.61 Å². The van der Waals surface area contributed by atoms with E-state index in [-0.39, 0.29) is 17.0 Å². The molecule has 0 heterocycles. The maximum Gasteiger partial charge on any atom is 0.271 e. The summed E-state index contributed by atoms with van der Waals surface area (Å²) in [5.41, 5.74) is 6.10. The lowest BCUT2D eigenvalue weighted by Gasteiger charge is -2.11. The number of nitrogens with zero attached hydrogens (tertiary/aromatic N) is 1. The Hall–Kier alpha value is -3.13. The van der Waals surface area contributed by atoms with Crippen LogP contribution in [-0.2, 0) is 4.79 Å². The van der Waals surface area contributed by atoms with E-state index < -0.39 is 23.3 Å². The molecule has 9 heteroatoms. The maximum absolute atomic E-state index is 12.0. The minimum absolute atomic E-state index is 0.0480. The van der Waals surface area contributed by atoms with E-state index >= 15 is 0 Å². The molecule has 0 aliphatic rings. The van der Waals surface area contributed by atoms with Gasteiger partial charge in [-0.3, -0.25) is 19.7 Å². The molecule has 8 nitrogen and oxygen atoms in total. The molecule has 2 amide bonds. The molecule has 3 N–H and O–H groups in total. The number of hydrogen-bond acceptors (Lipinski definition) is 5. The molecular formula is C16H14ClN3O5. The fourth-order valence-corrected chi connectivity index (χ4v) is 2.18. The summed E-state index contributed by atoms with van der Waals surface area (Å²) in [5, 5.41) is 13.6. The first-order valence-electron chi connectivity index (χ1n) is 7.05. The Kier molecular flexibility index (Phi) is 5.56. The van der Waals surface area contributed by atoms with Crippen LogP contribution in [0, 0.1) is 17.0 Å². The van der Waals surface area contributed by atoms with Gasteiger partial charge >= 0.3 is 0 Å². The van der Waals surface area contributed by atoms with E-state index in [9.17, 15) is 19.7 Å². The first-order chi connectivity index (χ1) is 11.8. The molecule has 0 fully saturated rings. The van der Waals surface area contributed by atoms with Crippen molar-refractivity contribution in [1.29, 1.82) is 0 Å². The molecular weight excluding hydrogens is 350 g/mol. The first-order valence-corrected chi connectivity index (χ1v) is 7.43. The highest BCUT2D eigenvalue weighted by atomic mass is 35.5. The lowest BCUT2D eigenvalue weighted by molar-refractivity contribution is -0.384. The molecule has 2 aromatic rings. The van der Waals surface area contributed by atoms with Crippen LogP contribution >= 0.6 is 11.6 Å². The Morgan fingerprint density at radius 2 is 2.00 bits per heavy atom. The first kappa shape index (κ1) is 18.2. The van der Waals surface area contributed by atoms with Gasteiger partial charge in [-0.25, -0.2) is 0 Å². The number of benzene rings is 2. The van der Waals surface area contributed by atoms with Crippen LogP contribution in [0.15, 0.2) is 36.4 Å². The molecule has 0 saturated carbocycles. The van der Waals surface area contributed by atoms with Crippen LogP contribution in [0.25, 0.3) is 0 Å². The standard InChI is InChI=1S/C16H14ClN3O5/c1-9-2-4-11(20(23)24)7-13(9)19-15(21)8-25-14-5-3-10(17)6-12(14)16(18)22/h2-7H,8H2,1H3,(H2,18,22)(H,19,21). The summed E-state index contributed by atoms with van der Waals surface area (Å²) >= 11 is 5.79. The third-order valence-corrected chi connectivity index (χ3v) is 3.51. The number of rotatable bonds is 6. The van der Waals surface area contributed by atoms with Crippen LogP contribution < -0.4 is 15.8 Å². The molecule has 0 radical (unpaired) electrons. The number of nitro benzene ring substituents is 1. The predicted octanol–water partition coefficient (Wildman–Crippen LogP) is 2.67. The van der Waals surface area contributed by atoms with E-state index in [1.54, 1.807) is 6.92 Å². The fourth-order valence-electron chi connectivity index (χ4n) is 2.01. The number of nitrogens with one attached hydrogen (secondary N) is 1. The second-order valence-electron chi connectivity index (χ2n) is 5.10. The molecule has 130 valence electrons. The van der Waals surface area contributed by atoms with Crippen LogP contribution in [-0.4, -0.2) is 23.3 Å². The lowest BCUT2D eigenvalue weighted by Crippen LogP contribution is -2.22. The monoisotopic (exact) mass is 363 g/mol. The van der Waals surface area contributed by atoms with E-state index in [4.69, 9.17) is 22.1 Å². The number of anilines is 1. The fraction of sp³-hybridized carbons (Fsp3) is 0.125. The summed E-state index contributed by atoms with van der Waals surface area (Å²) in [6.45, 7) is 1.29. The van der Waals surface area contributed by atoms with E-state index in [1.165, 1.54) is 36.4 Å². The van der Waals surface area contributed by atoms with Crippen molar-refractivity contribution in [3.05, 3.63) is 62.7 Å². The minimum atomic E-state index is -0.743. The van der Waals surface area contributed by atoms with Gasteiger partial charge in [-0.15, -0.1) is 0 Å². The Balaban J connectivity index is 2.08. The molecule has 0 aromatic heterocycles. The normalized spacial score (nSPS) is 10.2. The molecule has 25 heavy (non-hydrogen) atoms. The number of carbonyl (C=O) groups is 2. The Morgan fingerprint density at radius 3 is 2.64 bits per heavy atom. The van der Waals surface area contributed by atoms with Crippen LogP contribution in [0.4, 0.5) is 11.4 Å². The highest BCUT2D eigenvalue weighted by Crippen LogP contribution is 2.24. The molecule has 0 spiro atoms. The second kappa shape index (κ2) is 7.63. The minimum Gasteiger partial charge on any atom is -0.483 e. The van der Waals surface area contributed by atoms with E-state index in [0.29, 0.717) is 16.3 Å². The van der Waals surface area contributed by atoms with Crippen molar-refractivity contribution in [3.8, 4) is 5.75 Å². The molecule has 0 bridgehead atoms. The van der Waals surface area contributed by atoms with Crippen molar-refractivity contribution >= 4 is 34.8 Å². The summed E-state index contributed by atoms with van der Waals surface area (Å²) in [7, 11) is 0. The second-order valence-corrected chi connectivity index (χ2v) is 5.53. The average Bonchev–Trinajstić information content (AvgIpc) is 2.55. The van der Waals surface area contributed by atoms with Gasteiger partial charge in [0.2, 0.25) is 0 Å². The van der Waals surface area contributed by atoms with Gasteiger partial charge in [0.25, 0.3) is 17.5 Å². The summed E-state index contributed by atoms with van der Waals surface area (Å²) in [6, 6.07) is 8.37.